The molecule has 2 rings (SSSR count). The number of amides is 3. The molecule has 0 aliphatic carbocycles. The Bertz CT molecular complexity index is 784. The number of carbonyl (C=O) groups is 3. The first-order valence-corrected chi connectivity index (χ1v) is 8.09. The fraction of sp³-hybridized carbons (Fsp3) is 0.250. The number of hydrogen-bond acceptors (Lipinski definition) is 8. The second-order valence-electron chi connectivity index (χ2n) is 4.91. The molecule has 5 N–H and O–H groups in total. The second kappa shape index (κ2) is 7.12. The molecule has 1 heterocycles. The average Bonchev–Trinajstić information content (AvgIpc) is 2.56. The molecule has 0 aromatic heterocycles. The van der Waals surface area contributed by atoms with Crippen molar-refractivity contribution < 1.29 is 37.4 Å². The number of rotatable bonds is 6. The van der Waals surface area contributed by atoms with Crippen LogP contribution in [0, 0.1) is 5.92 Å². The zero-order chi connectivity index (χ0) is 18.8. The fourth-order valence-corrected chi connectivity index (χ4v) is 3.04. The molecule has 0 unspecified atom stereocenters. The summed E-state index contributed by atoms with van der Waals surface area (Å²) >= 11 is 0. The smallest absolute Gasteiger partial charge is 0.292 e. The summed E-state index contributed by atoms with van der Waals surface area (Å²) in [7, 11) is -5.09. The normalized spacial score (nSPS) is 20.0. The Morgan fingerprint density at radius 3 is 2.44 bits per heavy atom. The molecule has 1 fully saturated rings. The number of hydroxylamine groups is 2. The van der Waals surface area contributed by atoms with Gasteiger partial charge in [-0.3, -0.25) is 29.6 Å². The number of carbonyl (C=O) groups excluding carboxylic acids is 3. The van der Waals surface area contributed by atoms with Gasteiger partial charge in [0.2, 0.25) is 0 Å². The molecule has 13 heteroatoms. The summed E-state index contributed by atoms with van der Waals surface area (Å²) < 4.78 is 31.0. The van der Waals surface area contributed by atoms with Crippen molar-refractivity contribution in [3.63, 3.8) is 0 Å². The maximum absolute atomic E-state index is 12.1. The van der Waals surface area contributed by atoms with Crippen molar-refractivity contribution >= 4 is 28.0 Å². The Balaban J connectivity index is 2.11. The van der Waals surface area contributed by atoms with Gasteiger partial charge in [0.05, 0.1) is 0 Å². The van der Waals surface area contributed by atoms with Gasteiger partial charge in [-0.1, -0.05) is 35.6 Å². The van der Waals surface area contributed by atoms with Crippen LogP contribution >= 0.6 is 0 Å². The minimum Gasteiger partial charge on any atom is -0.292 e. The van der Waals surface area contributed by atoms with Crippen molar-refractivity contribution in [2.75, 3.05) is 0 Å². The average molecular weight is 374 g/mol. The predicted octanol–water partition coefficient (Wildman–Crippen LogP) is -2.04. The first kappa shape index (κ1) is 18.8. The van der Waals surface area contributed by atoms with Gasteiger partial charge in [-0.05, 0) is 5.56 Å². The molecule has 1 aliphatic heterocycles. The lowest BCUT2D eigenvalue weighted by Gasteiger charge is -2.41. The SMILES string of the molecule is NNC(=O)[C@H]1[C@@H](C(=O)N(O)OCc2ccccc2)C(=O)N1S(=O)(=O)O. The lowest BCUT2D eigenvalue weighted by Crippen LogP contribution is -2.71. The van der Waals surface area contributed by atoms with Gasteiger partial charge >= 0.3 is 10.3 Å². The minimum atomic E-state index is -5.09. The molecule has 2 atom stereocenters. The van der Waals surface area contributed by atoms with Crippen LogP contribution in [-0.4, -0.2) is 51.5 Å². The maximum Gasteiger partial charge on any atom is 0.362 e. The Hall–Kier alpha value is -2.58. The van der Waals surface area contributed by atoms with Crippen LogP contribution in [0.4, 0.5) is 0 Å². The van der Waals surface area contributed by atoms with Gasteiger partial charge in [0, 0.05) is 0 Å². The zero-order valence-corrected chi connectivity index (χ0v) is 13.3. The lowest BCUT2D eigenvalue weighted by molar-refractivity contribution is -0.324. The van der Waals surface area contributed by atoms with Crippen LogP contribution < -0.4 is 11.3 Å². The molecule has 1 aliphatic rings. The highest BCUT2D eigenvalue weighted by Crippen LogP contribution is 2.31. The van der Waals surface area contributed by atoms with Crippen LogP contribution in [0.25, 0.3) is 0 Å². The molecule has 1 aromatic carbocycles. The van der Waals surface area contributed by atoms with Crippen molar-refractivity contribution in [2.45, 2.75) is 12.6 Å². The van der Waals surface area contributed by atoms with E-state index in [9.17, 15) is 28.0 Å². The van der Waals surface area contributed by atoms with Crippen molar-refractivity contribution in [3.8, 4) is 0 Å². The molecule has 0 bridgehead atoms. The lowest BCUT2D eigenvalue weighted by atomic mass is 9.89. The third-order valence-corrected chi connectivity index (χ3v) is 4.27. The van der Waals surface area contributed by atoms with E-state index in [2.05, 4.69) is 0 Å². The maximum atomic E-state index is 12.1. The van der Waals surface area contributed by atoms with E-state index in [0.717, 1.165) is 0 Å². The molecular weight excluding hydrogens is 360 g/mol. The second-order valence-corrected chi connectivity index (χ2v) is 6.20. The molecular formula is C12H14N4O8S. The fourth-order valence-electron chi connectivity index (χ4n) is 2.20. The van der Waals surface area contributed by atoms with Crippen LogP contribution in [0.15, 0.2) is 30.3 Å². The van der Waals surface area contributed by atoms with Crippen LogP contribution in [0.5, 0.6) is 0 Å². The van der Waals surface area contributed by atoms with E-state index in [1.54, 1.807) is 35.8 Å². The monoisotopic (exact) mass is 374 g/mol. The largest absolute Gasteiger partial charge is 0.362 e. The zero-order valence-electron chi connectivity index (χ0n) is 12.5. The molecule has 0 radical (unpaired) electrons. The number of β-lactam (4-membered cyclic amide) rings is 1. The quantitative estimate of drug-likeness (QED) is 0.0829. The van der Waals surface area contributed by atoms with Crippen molar-refractivity contribution in [1.82, 2.24) is 15.0 Å². The summed E-state index contributed by atoms with van der Waals surface area (Å²) in [5.74, 6) is -1.09. The van der Waals surface area contributed by atoms with Crippen LogP contribution in [0.3, 0.4) is 0 Å². The van der Waals surface area contributed by atoms with E-state index in [0.29, 0.717) is 5.56 Å². The van der Waals surface area contributed by atoms with Gasteiger partial charge in [-0.15, -0.1) is 0 Å². The number of hydrazine groups is 1. The summed E-state index contributed by atoms with van der Waals surface area (Å²) in [6.07, 6.45) is 0. The van der Waals surface area contributed by atoms with Gasteiger partial charge in [-0.25, -0.2) is 15.0 Å². The number of hydrogen-bond donors (Lipinski definition) is 4. The number of nitrogens with one attached hydrogen (secondary N) is 1. The van der Waals surface area contributed by atoms with E-state index < -0.39 is 40.0 Å². The predicted molar refractivity (Wildman–Crippen MR) is 77.9 cm³/mol. The highest BCUT2D eigenvalue weighted by Gasteiger charge is 2.61. The summed E-state index contributed by atoms with van der Waals surface area (Å²) in [6.45, 7) is -0.236. The third-order valence-electron chi connectivity index (χ3n) is 3.36. The Labute approximate surface area is 141 Å². The molecule has 136 valence electrons. The van der Waals surface area contributed by atoms with Gasteiger partial charge in [-0.2, -0.15) is 8.42 Å². The van der Waals surface area contributed by atoms with Crippen LogP contribution in [0.2, 0.25) is 0 Å². The summed E-state index contributed by atoms with van der Waals surface area (Å²) in [5.41, 5.74) is 2.16. The van der Waals surface area contributed by atoms with Gasteiger partial charge in [0.25, 0.3) is 17.7 Å². The third kappa shape index (κ3) is 3.75. The standard InChI is InChI=1S/C12H14N4O8S/c13-14-10(17)9-8(11(18)15(9)25(21,22)23)12(19)16(20)24-6-7-4-2-1-3-5-7/h1-5,8-9,20H,6,13H2,(H,14,17)(H,21,22,23)/t8-,9-/m1/s1. The molecule has 25 heavy (non-hydrogen) atoms. The topological polar surface area (TPSA) is 180 Å². The molecule has 12 nitrogen and oxygen atoms in total. The Morgan fingerprint density at radius 1 is 1.32 bits per heavy atom. The number of benzene rings is 1. The van der Waals surface area contributed by atoms with Gasteiger partial charge in [0.15, 0.2) is 12.0 Å². The molecule has 1 aromatic rings. The van der Waals surface area contributed by atoms with E-state index in [1.165, 1.54) is 0 Å². The summed E-state index contributed by atoms with van der Waals surface area (Å²) in [6, 6.07) is 6.43. The van der Waals surface area contributed by atoms with Crippen molar-refractivity contribution in [1.29, 1.82) is 0 Å². The van der Waals surface area contributed by atoms with E-state index in [4.69, 9.17) is 15.2 Å². The number of nitrogens with zero attached hydrogens (tertiary/aromatic N) is 2. The van der Waals surface area contributed by atoms with E-state index >= 15 is 0 Å². The molecule has 0 spiro atoms. The minimum absolute atomic E-state index is 0.219. The van der Waals surface area contributed by atoms with Gasteiger partial charge < -0.3 is 0 Å². The Kier molecular flexibility index (Phi) is 5.34. The molecule has 1 saturated heterocycles. The highest BCUT2D eigenvalue weighted by molar-refractivity contribution is 7.84. The molecule has 0 saturated carbocycles. The molecule has 3 amide bonds. The first-order valence-electron chi connectivity index (χ1n) is 6.69. The summed E-state index contributed by atoms with van der Waals surface area (Å²) in [4.78, 5) is 40.3. The van der Waals surface area contributed by atoms with Gasteiger partial charge in [0.1, 0.15) is 6.61 Å². The van der Waals surface area contributed by atoms with E-state index in [1.807, 2.05) is 0 Å². The van der Waals surface area contributed by atoms with Crippen molar-refractivity contribution in [3.05, 3.63) is 35.9 Å². The van der Waals surface area contributed by atoms with Crippen molar-refractivity contribution in [2.24, 2.45) is 11.8 Å². The summed E-state index contributed by atoms with van der Waals surface area (Å²) in [5, 5.41) is 9.34. The Morgan fingerprint density at radius 2 is 1.92 bits per heavy atom. The first-order chi connectivity index (χ1) is 11.7. The van der Waals surface area contributed by atoms with Crippen LogP contribution in [-0.2, 0) is 36.1 Å². The van der Waals surface area contributed by atoms with E-state index in [-0.39, 0.29) is 16.1 Å². The number of nitrogens with two attached hydrogens (primary N) is 1. The van der Waals surface area contributed by atoms with Crippen LogP contribution in [0.1, 0.15) is 5.56 Å². The highest BCUT2D eigenvalue weighted by atomic mass is 32.2.